The standard InChI is InChI=1S/C12H17NO2/c1-15-11-4-2-9(3-5-11)12-10(8-14)6-7-13-12/h2-5,10,12-14H,6-8H2,1H3. The quantitative estimate of drug-likeness (QED) is 0.786. The summed E-state index contributed by atoms with van der Waals surface area (Å²) in [6, 6.07) is 8.34. The number of hydrogen-bond acceptors (Lipinski definition) is 3. The van der Waals surface area contributed by atoms with Crippen LogP contribution < -0.4 is 10.1 Å². The molecule has 1 aromatic carbocycles. The summed E-state index contributed by atoms with van der Waals surface area (Å²) >= 11 is 0. The maximum atomic E-state index is 9.23. The van der Waals surface area contributed by atoms with Crippen LogP contribution in [0.25, 0.3) is 0 Å². The van der Waals surface area contributed by atoms with E-state index in [2.05, 4.69) is 17.4 Å². The monoisotopic (exact) mass is 207 g/mol. The first kappa shape index (κ1) is 10.5. The largest absolute Gasteiger partial charge is 0.497 e. The van der Waals surface area contributed by atoms with E-state index in [4.69, 9.17) is 4.74 Å². The van der Waals surface area contributed by atoms with Gasteiger partial charge in [-0.2, -0.15) is 0 Å². The molecule has 2 rings (SSSR count). The molecule has 0 radical (unpaired) electrons. The molecule has 15 heavy (non-hydrogen) atoms. The third-order valence-corrected chi connectivity index (χ3v) is 3.06. The Hall–Kier alpha value is -1.06. The number of benzene rings is 1. The van der Waals surface area contributed by atoms with E-state index >= 15 is 0 Å². The molecule has 1 saturated heterocycles. The number of ether oxygens (including phenoxy) is 1. The van der Waals surface area contributed by atoms with Gasteiger partial charge in [0.25, 0.3) is 0 Å². The topological polar surface area (TPSA) is 41.5 Å². The van der Waals surface area contributed by atoms with E-state index in [-0.39, 0.29) is 6.61 Å². The lowest BCUT2D eigenvalue weighted by atomic mass is 9.95. The predicted octanol–water partition coefficient (Wildman–Crippen LogP) is 1.34. The number of methoxy groups -OCH3 is 1. The van der Waals surface area contributed by atoms with Gasteiger partial charge < -0.3 is 15.2 Å². The van der Waals surface area contributed by atoms with Gasteiger partial charge in [-0.05, 0) is 30.7 Å². The molecule has 0 bridgehead atoms. The van der Waals surface area contributed by atoms with Crippen molar-refractivity contribution in [2.75, 3.05) is 20.3 Å². The molecule has 0 saturated carbocycles. The van der Waals surface area contributed by atoms with Crippen molar-refractivity contribution in [3.05, 3.63) is 29.8 Å². The highest BCUT2D eigenvalue weighted by atomic mass is 16.5. The molecule has 3 nitrogen and oxygen atoms in total. The van der Waals surface area contributed by atoms with Gasteiger partial charge in [0, 0.05) is 18.6 Å². The van der Waals surface area contributed by atoms with Gasteiger partial charge in [0.15, 0.2) is 0 Å². The first-order chi connectivity index (χ1) is 7.35. The third-order valence-electron chi connectivity index (χ3n) is 3.06. The molecule has 1 fully saturated rings. The van der Waals surface area contributed by atoms with Crippen LogP contribution in [-0.2, 0) is 0 Å². The molecule has 1 heterocycles. The molecular formula is C12H17NO2. The fraction of sp³-hybridized carbons (Fsp3) is 0.500. The van der Waals surface area contributed by atoms with Crippen LogP contribution in [0.3, 0.4) is 0 Å². The minimum absolute atomic E-state index is 0.254. The van der Waals surface area contributed by atoms with Gasteiger partial charge >= 0.3 is 0 Å². The fourth-order valence-electron chi connectivity index (χ4n) is 2.16. The number of hydrogen-bond donors (Lipinski definition) is 2. The maximum Gasteiger partial charge on any atom is 0.118 e. The van der Waals surface area contributed by atoms with Gasteiger partial charge in [0.05, 0.1) is 7.11 Å². The highest BCUT2D eigenvalue weighted by molar-refractivity contribution is 5.30. The van der Waals surface area contributed by atoms with E-state index in [1.807, 2.05) is 12.1 Å². The zero-order valence-electron chi connectivity index (χ0n) is 8.94. The van der Waals surface area contributed by atoms with Gasteiger partial charge in [-0.15, -0.1) is 0 Å². The Labute approximate surface area is 90.1 Å². The summed E-state index contributed by atoms with van der Waals surface area (Å²) < 4.78 is 5.12. The second-order valence-corrected chi connectivity index (χ2v) is 3.94. The highest BCUT2D eigenvalue weighted by Gasteiger charge is 2.27. The van der Waals surface area contributed by atoms with Crippen LogP contribution in [0.15, 0.2) is 24.3 Å². The van der Waals surface area contributed by atoms with Crippen molar-refractivity contribution in [1.29, 1.82) is 0 Å². The van der Waals surface area contributed by atoms with Crippen molar-refractivity contribution in [1.82, 2.24) is 5.32 Å². The van der Waals surface area contributed by atoms with Crippen LogP contribution in [0.1, 0.15) is 18.0 Å². The molecule has 0 aliphatic carbocycles. The van der Waals surface area contributed by atoms with Crippen molar-refractivity contribution in [2.24, 2.45) is 5.92 Å². The van der Waals surface area contributed by atoms with Crippen LogP contribution in [0.4, 0.5) is 0 Å². The molecule has 1 aromatic rings. The van der Waals surface area contributed by atoms with Crippen molar-refractivity contribution in [3.63, 3.8) is 0 Å². The third kappa shape index (κ3) is 2.13. The first-order valence-electron chi connectivity index (χ1n) is 5.33. The summed E-state index contributed by atoms with van der Waals surface area (Å²) in [6.45, 7) is 1.24. The lowest BCUT2D eigenvalue weighted by molar-refractivity contribution is 0.214. The van der Waals surface area contributed by atoms with Gasteiger partial charge in [-0.1, -0.05) is 12.1 Å². The molecule has 1 aliphatic rings. The van der Waals surface area contributed by atoms with Gasteiger partial charge in [-0.25, -0.2) is 0 Å². The number of aliphatic hydroxyl groups excluding tert-OH is 1. The Morgan fingerprint density at radius 1 is 1.40 bits per heavy atom. The summed E-state index contributed by atoms with van der Waals surface area (Å²) in [5, 5.41) is 12.6. The Morgan fingerprint density at radius 3 is 2.73 bits per heavy atom. The van der Waals surface area contributed by atoms with Crippen LogP contribution in [0.2, 0.25) is 0 Å². The molecule has 0 spiro atoms. The van der Waals surface area contributed by atoms with E-state index in [9.17, 15) is 5.11 Å². The second kappa shape index (κ2) is 4.64. The van der Waals surface area contributed by atoms with E-state index in [0.29, 0.717) is 12.0 Å². The zero-order chi connectivity index (χ0) is 10.7. The van der Waals surface area contributed by atoms with Gasteiger partial charge in [0.1, 0.15) is 5.75 Å². The van der Waals surface area contributed by atoms with Gasteiger partial charge in [0.2, 0.25) is 0 Å². The number of aliphatic hydroxyl groups is 1. The highest BCUT2D eigenvalue weighted by Crippen LogP contribution is 2.29. The molecule has 1 aliphatic heterocycles. The average molecular weight is 207 g/mol. The number of rotatable bonds is 3. The Morgan fingerprint density at radius 2 is 2.13 bits per heavy atom. The summed E-state index contributed by atoms with van der Waals surface area (Å²) in [5.41, 5.74) is 1.23. The van der Waals surface area contributed by atoms with Crippen LogP contribution in [0.5, 0.6) is 5.75 Å². The van der Waals surface area contributed by atoms with Crippen molar-refractivity contribution >= 4 is 0 Å². The van der Waals surface area contributed by atoms with E-state index in [0.717, 1.165) is 18.7 Å². The van der Waals surface area contributed by atoms with Crippen molar-refractivity contribution < 1.29 is 9.84 Å². The average Bonchev–Trinajstić information content (AvgIpc) is 2.77. The number of nitrogens with one attached hydrogen (secondary N) is 1. The van der Waals surface area contributed by atoms with E-state index in [1.54, 1.807) is 7.11 Å². The molecule has 3 heteroatoms. The van der Waals surface area contributed by atoms with E-state index in [1.165, 1.54) is 5.56 Å². The molecule has 0 aromatic heterocycles. The minimum Gasteiger partial charge on any atom is -0.497 e. The predicted molar refractivity (Wildman–Crippen MR) is 58.9 cm³/mol. The Bertz CT molecular complexity index is 310. The Kier molecular flexibility index (Phi) is 3.23. The Balaban J connectivity index is 2.14. The van der Waals surface area contributed by atoms with Crippen molar-refractivity contribution in [3.8, 4) is 5.75 Å². The summed E-state index contributed by atoms with van der Waals surface area (Å²) in [5.74, 6) is 1.22. The zero-order valence-corrected chi connectivity index (χ0v) is 8.94. The molecule has 2 unspecified atom stereocenters. The lowest BCUT2D eigenvalue weighted by Gasteiger charge is -2.18. The van der Waals surface area contributed by atoms with Crippen molar-refractivity contribution in [2.45, 2.75) is 12.5 Å². The molecule has 2 N–H and O–H groups in total. The summed E-state index contributed by atoms with van der Waals surface area (Å²) in [4.78, 5) is 0. The fourth-order valence-corrected chi connectivity index (χ4v) is 2.16. The first-order valence-corrected chi connectivity index (χ1v) is 5.33. The molecular weight excluding hydrogens is 190 g/mol. The van der Waals surface area contributed by atoms with Crippen LogP contribution in [-0.4, -0.2) is 25.4 Å². The second-order valence-electron chi connectivity index (χ2n) is 3.94. The van der Waals surface area contributed by atoms with Gasteiger partial charge in [-0.3, -0.25) is 0 Å². The molecule has 2 atom stereocenters. The summed E-state index contributed by atoms with van der Waals surface area (Å²) in [7, 11) is 1.67. The molecule has 82 valence electrons. The van der Waals surface area contributed by atoms with Crippen LogP contribution >= 0.6 is 0 Å². The normalized spacial score (nSPS) is 25.5. The summed E-state index contributed by atoms with van der Waals surface area (Å²) in [6.07, 6.45) is 1.05. The van der Waals surface area contributed by atoms with Crippen LogP contribution in [0, 0.1) is 5.92 Å². The minimum atomic E-state index is 0.254. The SMILES string of the molecule is COc1ccc(C2NCCC2CO)cc1. The lowest BCUT2D eigenvalue weighted by Crippen LogP contribution is -2.19. The maximum absolute atomic E-state index is 9.23. The van der Waals surface area contributed by atoms with E-state index < -0.39 is 0 Å². The molecule has 0 amide bonds. The smallest absolute Gasteiger partial charge is 0.118 e.